The molecule has 1 N–H and O–H groups in total. The Morgan fingerprint density at radius 3 is 2.45 bits per heavy atom. The van der Waals surface area contributed by atoms with Crippen LogP contribution in [-0.2, 0) is 27.2 Å². The lowest BCUT2D eigenvalue weighted by Gasteiger charge is -2.26. The molecule has 0 aliphatic heterocycles. The number of para-hydroxylation sites is 1. The van der Waals surface area contributed by atoms with Crippen molar-refractivity contribution in [2.45, 2.75) is 45.0 Å². The summed E-state index contributed by atoms with van der Waals surface area (Å²) in [7, 11) is 0.841. The van der Waals surface area contributed by atoms with Crippen LogP contribution >= 0.6 is 0 Å². The molecule has 33 heavy (non-hydrogen) atoms. The van der Waals surface area contributed by atoms with Gasteiger partial charge in [0, 0.05) is 6.54 Å². The van der Waals surface area contributed by atoms with Crippen LogP contribution in [0.4, 0.5) is 13.2 Å². The minimum Gasteiger partial charge on any atom is -0.489 e. The van der Waals surface area contributed by atoms with E-state index in [2.05, 4.69) is 6.07 Å². The minimum atomic E-state index is -4.61. The molecular weight excluding hydrogens is 439 g/mol. The van der Waals surface area contributed by atoms with Gasteiger partial charge in [0.15, 0.2) is 0 Å². The molecule has 0 saturated heterocycles. The molecule has 2 aromatic carbocycles. The van der Waals surface area contributed by atoms with Crippen LogP contribution in [0.5, 0.6) is 5.75 Å². The van der Waals surface area contributed by atoms with E-state index in [4.69, 9.17) is 14.6 Å². The van der Waals surface area contributed by atoms with E-state index in [1.54, 1.807) is 12.1 Å². The normalized spacial score (nSPS) is 12.4. The zero-order valence-corrected chi connectivity index (χ0v) is 18.6. The summed E-state index contributed by atoms with van der Waals surface area (Å²) in [6.07, 6.45) is -5.34. The number of alkyl halides is 3. The van der Waals surface area contributed by atoms with Gasteiger partial charge < -0.3 is 14.6 Å². The topological polar surface area (TPSA) is 76.1 Å². The average Bonchev–Trinajstić information content (AvgIpc) is 2.74. The molecule has 0 aromatic heterocycles. The molecule has 2 aromatic rings. The first-order chi connectivity index (χ1) is 15.5. The second-order valence-electron chi connectivity index (χ2n) is 7.76. The van der Waals surface area contributed by atoms with Crippen LogP contribution in [0.15, 0.2) is 48.5 Å². The Labute approximate surface area is 190 Å². The molecule has 2 rings (SSSR count). The van der Waals surface area contributed by atoms with Gasteiger partial charge in [-0.05, 0) is 44.0 Å². The van der Waals surface area contributed by atoms with Gasteiger partial charge in [0.25, 0.3) is 0 Å². The number of ether oxygens (including phenoxy) is 2. The first-order valence-electron chi connectivity index (χ1n) is 10.5. The first-order valence-corrected chi connectivity index (χ1v) is 10.5. The Morgan fingerprint density at radius 2 is 1.79 bits per heavy atom. The highest BCUT2D eigenvalue weighted by molar-refractivity contribution is 5.76. The van der Waals surface area contributed by atoms with Crippen molar-refractivity contribution in [2.75, 3.05) is 20.2 Å². The summed E-state index contributed by atoms with van der Waals surface area (Å²) in [4.78, 5) is 22.6. The maximum atomic E-state index is 13.0. The number of carboxylic acids is 1. The first kappa shape index (κ1) is 26.2. The van der Waals surface area contributed by atoms with E-state index < -0.39 is 43.7 Å². The lowest BCUT2D eigenvalue weighted by atomic mass is 10.0. The zero-order chi connectivity index (χ0) is 24.4. The predicted octanol–water partition coefficient (Wildman–Crippen LogP) is 4.39. The fourth-order valence-corrected chi connectivity index (χ4v) is 3.17. The van der Waals surface area contributed by atoms with E-state index in [1.165, 1.54) is 0 Å². The van der Waals surface area contributed by atoms with E-state index >= 15 is 0 Å². The minimum absolute atomic E-state index is 0.0924. The van der Waals surface area contributed by atoms with Crippen LogP contribution in [0, 0.1) is 6.92 Å². The Morgan fingerprint density at radius 1 is 1.06 bits per heavy atom. The van der Waals surface area contributed by atoms with Crippen molar-refractivity contribution in [3.8, 4) is 5.75 Å². The van der Waals surface area contributed by atoms with Crippen molar-refractivity contribution in [1.29, 1.82) is 0 Å². The Hall–Kier alpha value is -3.07. The molecule has 0 bridgehead atoms. The third-order valence-corrected chi connectivity index (χ3v) is 4.91. The SMILES string of the molecule is Cc1cccc(CCc2ccccc2OCC(CN(C)C(F)(F)F)OC(=O)CCC(=O)O)c1. The van der Waals surface area contributed by atoms with Gasteiger partial charge in [0.05, 0.1) is 12.8 Å². The number of benzene rings is 2. The number of rotatable bonds is 12. The number of likely N-dealkylation sites (N-methyl/N-ethyl adjacent to an activating group) is 1. The van der Waals surface area contributed by atoms with Gasteiger partial charge in [-0.15, -0.1) is 0 Å². The number of aryl methyl sites for hydroxylation is 3. The number of carbonyl (C=O) groups is 2. The summed E-state index contributed by atoms with van der Waals surface area (Å²) in [5.74, 6) is -1.60. The van der Waals surface area contributed by atoms with Gasteiger partial charge in [-0.3, -0.25) is 9.59 Å². The van der Waals surface area contributed by atoms with E-state index in [0.29, 0.717) is 12.2 Å². The Kier molecular flexibility index (Phi) is 9.72. The lowest BCUT2D eigenvalue weighted by molar-refractivity contribution is -0.243. The fraction of sp³-hybridized carbons (Fsp3) is 0.417. The molecule has 180 valence electrons. The number of hydrogen-bond donors (Lipinski definition) is 1. The lowest BCUT2D eigenvalue weighted by Crippen LogP contribution is -2.43. The zero-order valence-electron chi connectivity index (χ0n) is 18.6. The molecule has 0 aliphatic carbocycles. The molecule has 0 saturated carbocycles. The summed E-state index contributed by atoms with van der Waals surface area (Å²) >= 11 is 0. The highest BCUT2D eigenvalue weighted by Gasteiger charge is 2.36. The number of nitrogens with zero attached hydrogens (tertiary/aromatic N) is 1. The molecule has 0 spiro atoms. The van der Waals surface area contributed by atoms with Crippen LogP contribution < -0.4 is 4.74 Å². The van der Waals surface area contributed by atoms with Gasteiger partial charge in [-0.25, -0.2) is 4.90 Å². The van der Waals surface area contributed by atoms with Crippen LogP contribution in [0.2, 0.25) is 0 Å². The van der Waals surface area contributed by atoms with E-state index in [9.17, 15) is 22.8 Å². The largest absolute Gasteiger partial charge is 0.489 e. The molecule has 0 aliphatic rings. The van der Waals surface area contributed by atoms with Crippen molar-refractivity contribution in [3.63, 3.8) is 0 Å². The molecule has 1 unspecified atom stereocenters. The second-order valence-corrected chi connectivity index (χ2v) is 7.76. The molecule has 0 fully saturated rings. The van der Waals surface area contributed by atoms with Gasteiger partial charge in [-0.2, -0.15) is 13.2 Å². The molecule has 0 heterocycles. The number of hydrogen-bond acceptors (Lipinski definition) is 5. The van der Waals surface area contributed by atoms with Gasteiger partial charge in [0.1, 0.15) is 18.5 Å². The van der Waals surface area contributed by atoms with Crippen molar-refractivity contribution in [1.82, 2.24) is 4.90 Å². The molecule has 0 radical (unpaired) electrons. The van der Waals surface area contributed by atoms with E-state index in [-0.39, 0.29) is 11.5 Å². The van der Waals surface area contributed by atoms with Crippen molar-refractivity contribution in [2.24, 2.45) is 0 Å². The standard InChI is InChI=1S/C24H28F3NO5/c1-17-6-5-7-18(14-17)10-11-19-8-3-4-9-21(19)32-16-20(15-28(2)24(25,26)27)33-23(31)13-12-22(29)30/h3-9,14,20H,10-13,15-16H2,1-2H3,(H,29,30). The summed E-state index contributed by atoms with van der Waals surface area (Å²) in [6.45, 7) is 1.06. The third kappa shape index (κ3) is 9.53. The highest BCUT2D eigenvalue weighted by atomic mass is 19.4. The van der Waals surface area contributed by atoms with Crippen LogP contribution in [-0.4, -0.2) is 54.5 Å². The van der Waals surface area contributed by atoms with Crippen LogP contribution in [0.3, 0.4) is 0 Å². The number of carbonyl (C=O) groups excluding carboxylic acids is 1. The smallest absolute Gasteiger partial charge is 0.459 e. The molecule has 0 amide bonds. The fourth-order valence-electron chi connectivity index (χ4n) is 3.17. The highest BCUT2D eigenvalue weighted by Crippen LogP contribution is 2.23. The molecule has 9 heteroatoms. The Balaban J connectivity index is 2.05. The maximum Gasteiger partial charge on any atom is 0.459 e. The Bertz CT molecular complexity index is 932. The quantitative estimate of drug-likeness (QED) is 0.369. The number of carboxylic acid groups (broad SMARTS) is 1. The van der Waals surface area contributed by atoms with Gasteiger partial charge >= 0.3 is 18.2 Å². The van der Waals surface area contributed by atoms with Gasteiger partial charge in [0.2, 0.25) is 0 Å². The van der Waals surface area contributed by atoms with Crippen LogP contribution in [0.1, 0.15) is 29.5 Å². The summed E-state index contributed by atoms with van der Waals surface area (Å²) in [5, 5.41) is 8.69. The van der Waals surface area contributed by atoms with Crippen molar-refractivity contribution >= 4 is 11.9 Å². The average molecular weight is 467 g/mol. The number of aliphatic carboxylic acids is 1. The number of esters is 1. The summed E-state index contributed by atoms with van der Waals surface area (Å²) < 4.78 is 49.8. The maximum absolute atomic E-state index is 13.0. The monoisotopic (exact) mass is 467 g/mol. The number of halogens is 3. The molecular formula is C24H28F3NO5. The van der Waals surface area contributed by atoms with E-state index in [0.717, 1.165) is 30.2 Å². The second kappa shape index (κ2) is 12.2. The van der Waals surface area contributed by atoms with Gasteiger partial charge in [-0.1, -0.05) is 48.0 Å². The summed E-state index contributed by atoms with van der Waals surface area (Å²) in [5.41, 5.74) is 3.18. The molecule has 1 atom stereocenters. The van der Waals surface area contributed by atoms with Crippen molar-refractivity contribution < 1.29 is 37.3 Å². The predicted molar refractivity (Wildman–Crippen MR) is 116 cm³/mol. The van der Waals surface area contributed by atoms with Crippen molar-refractivity contribution in [3.05, 3.63) is 65.2 Å². The summed E-state index contributed by atoms with van der Waals surface area (Å²) in [6, 6.07) is 15.3. The van der Waals surface area contributed by atoms with E-state index in [1.807, 2.05) is 37.3 Å². The molecule has 6 nitrogen and oxygen atoms in total. The van der Waals surface area contributed by atoms with Crippen LogP contribution in [0.25, 0.3) is 0 Å². The third-order valence-electron chi connectivity index (χ3n) is 4.91.